The van der Waals surface area contributed by atoms with Gasteiger partial charge in [0.2, 0.25) is 5.91 Å². The van der Waals surface area contributed by atoms with Gasteiger partial charge >= 0.3 is 0 Å². The molecule has 2 rings (SSSR count). The molecule has 0 radical (unpaired) electrons. The van der Waals surface area contributed by atoms with E-state index in [1.54, 1.807) is 18.0 Å². The predicted molar refractivity (Wildman–Crippen MR) is 88.2 cm³/mol. The topological polar surface area (TPSA) is 56.6 Å². The average molecular weight is 344 g/mol. The van der Waals surface area contributed by atoms with Crippen LogP contribution in [0.25, 0.3) is 0 Å². The number of nitrogens with zero attached hydrogens (tertiary/aromatic N) is 3. The molecule has 0 aromatic carbocycles. The Morgan fingerprint density at radius 3 is 2.96 bits per heavy atom. The summed E-state index contributed by atoms with van der Waals surface area (Å²) in [7, 11) is 1.62. The molecule has 6 nitrogen and oxygen atoms in total. The third kappa shape index (κ3) is 4.68. The minimum absolute atomic E-state index is 0.0201. The lowest BCUT2D eigenvalue weighted by molar-refractivity contribution is -0.137. The van der Waals surface area contributed by atoms with Gasteiger partial charge in [0.15, 0.2) is 0 Å². The van der Waals surface area contributed by atoms with E-state index in [2.05, 4.69) is 5.10 Å². The van der Waals surface area contributed by atoms with Crippen LogP contribution < -0.4 is 0 Å². The van der Waals surface area contributed by atoms with E-state index in [-0.39, 0.29) is 23.9 Å². The molecule has 2 atom stereocenters. The Morgan fingerprint density at radius 1 is 1.48 bits per heavy atom. The summed E-state index contributed by atoms with van der Waals surface area (Å²) >= 11 is 5.85. The number of amides is 1. The second-order valence-corrected chi connectivity index (χ2v) is 6.01. The summed E-state index contributed by atoms with van der Waals surface area (Å²) in [5, 5.41) is 4.23. The zero-order valence-corrected chi connectivity index (χ0v) is 14.7. The van der Waals surface area contributed by atoms with Crippen molar-refractivity contribution in [2.45, 2.75) is 58.0 Å². The van der Waals surface area contributed by atoms with E-state index in [9.17, 15) is 4.79 Å². The number of carbonyl (C=O) groups is 1. The van der Waals surface area contributed by atoms with Crippen molar-refractivity contribution in [3.8, 4) is 0 Å². The molecule has 0 N–H and O–H groups in total. The number of ether oxygens (including phenoxy) is 2. The van der Waals surface area contributed by atoms with Gasteiger partial charge in [-0.1, -0.05) is 12.8 Å². The van der Waals surface area contributed by atoms with Crippen LogP contribution in [0.5, 0.6) is 0 Å². The number of rotatable bonds is 8. The minimum atomic E-state index is -0.0616. The highest BCUT2D eigenvalue weighted by Gasteiger charge is 2.33. The standard InChI is InChI=1S/C16H26ClN3O3/c1-3-23-15-7-5-4-6-14(15)19(16(21)10-17)11-13-8-9-18-20(13)12-22-2/h8-9,14-15H,3-7,10-12H2,1-2H3/t14-,15-/m1/s1. The predicted octanol–water partition coefficient (Wildman–Crippen LogP) is 2.40. The molecule has 0 unspecified atom stereocenters. The lowest BCUT2D eigenvalue weighted by atomic mass is 9.91. The summed E-state index contributed by atoms with van der Waals surface area (Å²) in [6.07, 6.45) is 6.00. The molecule has 1 aromatic rings. The largest absolute Gasteiger partial charge is 0.376 e. The summed E-state index contributed by atoms with van der Waals surface area (Å²) in [6.45, 7) is 3.49. The van der Waals surface area contributed by atoms with Crippen LogP contribution in [0, 0.1) is 0 Å². The summed E-state index contributed by atoms with van der Waals surface area (Å²) in [4.78, 5) is 14.3. The van der Waals surface area contributed by atoms with Gasteiger partial charge in [0.25, 0.3) is 0 Å². The molecule has 1 aliphatic carbocycles. The van der Waals surface area contributed by atoms with Gasteiger partial charge in [-0.15, -0.1) is 11.6 Å². The highest BCUT2D eigenvalue weighted by Crippen LogP contribution is 2.27. The van der Waals surface area contributed by atoms with Gasteiger partial charge < -0.3 is 14.4 Å². The second-order valence-electron chi connectivity index (χ2n) is 5.74. The molecule has 1 heterocycles. The normalized spacial score (nSPS) is 21.3. The third-order valence-corrected chi connectivity index (χ3v) is 4.50. The maximum absolute atomic E-state index is 12.4. The van der Waals surface area contributed by atoms with Crippen LogP contribution in [0.1, 0.15) is 38.3 Å². The molecule has 1 aliphatic rings. The Hall–Kier alpha value is -1.11. The zero-order chi connectivity index (χ0) is 16.7. The fraction of sp³-hybridized carbons (Fsp3) is 0.750. The molecular weight excluding hydrogens is 318 g/mol. The molecule has 7 heteroatoms. The molecule has 1 saturated carbocycles. The first kappa shape index (κ1) is 18.2. The maximum atomic E-state index is 12.4. The molecular formula is C16H26ClN3O3. The second kappa shape index (κ2) is 9.25. The van der Waals surface area contributed by atoms with Gasteiger partial charge in [-0.3, -0.25) is 4.79 Å². The molecule has 130 valence electrons. The summed E-state index contributed by atoms with van der Waals surface area (Å²) in [6, 6.07) is 1.98. The van der Waals surface area contributed by atoms with Gasteiger partial charge in [0, 0.05) is 19.9 Å². The van der Waals surface area contributed by atoms with Crippen LogP contribution in [0.4, 0.5) is 0 Å². The first-order valence-corrected chi connectivity index (χ1v) is 8.71. The number of hydrogen-bond acceptors (Lipinski definition) is 4. The molecule has 1 aromatic heterocycles. The van der Waals surface area contributed by atoms with Gasteiger partial charge in [-0.05, 0) is 25.8 Å². The Balaban J connectivity index is 2.18. The number of halogens is 1. The van der Waals surface area contributed by atoms with Gasteiger partial charge in [-0.2, -0.15) is 5.10 Å². The molecule has 0 saturated heterocycles. The van der Waals surface area contributed by atoms with Crippen molar-refractivity contribution in [1.29, 1.82) is 0 Å². The molecule has 23 heavy (non-hydrogen) atoms. The van der Waals surface area contributed by atoms with Crippen molar-refractivity contribution in [2.24, 2.45) is 0 Å². The van der Waals surface area contributed by atoms with E-state index < -0.39 is 0 Å². The van der Waals surface area contributed by atoms with Gasteiger partial charge in [0.05, 0.1) is 24.4 Å². The fourth-order valence-corrected chi connectivity index (χ4v) is 3.37. The number of methoxy groups -OCH3 is 1. The van der Waals surface area contributed by atoms with E-state index >= 15 is 0 Å². The summed E-state index contributed by atoms with van der Waals surface area (Å²) < 4.78 is 12.8. The quantitative estimate of drug-likeness (QED) is 0.680. The molecule has 1 amide bonds. The van der Waals surface area contributed by atoms with Crippen molar-refractivity contribution in [3.05, 3.63) is 18.0 Å². The first-order chi connectivity index (χ1) is 11.2. The molecule has 1 fully saturated rings. The van der Waals surface area contributed by atoms with E-state index in [0.717, 1.165) is 31.4 Å². The molecule has 0 aliphatic heterocycles. The fourth-order valence-electron chi connectivity index (χ4n) is 3.22. The SMILES string of the molecule is CCO[C@@H]1CCCC[C@H]1N(Cc1ccnn1COC)C(=O)CCl. The van der Waals surface area contributed by atoms with Crippen LogP contribution in [-0.2, 0) is 27.5 Å². The average Bonchev–Trinajstić information content (AvgIpc) is 3.00. The van der Waals surface area contributed by atoms with Crippen molar-refractivity contribution >= 4 is 17.5 Å². The Labute approximate surface area is 142 Å². The Morgan fingerprint density at radius 2 is 2.26 bits per heavy atom. The zero-order valence-electron chi connectivity index (χ0n) is 13.9. The van der Waals surface area contributed by atoms with Gasteiger partial charge in [-0.25, -0.2) is 4.68 Å². The third-order valence-electron chi connectivity index (χ3n) is 4.27. The van der Waals surface area contributed by atoms with Crippen molar-refractivity contribution in [3.63, 3.8) is 0 Å². The van der Waals surface area contributed by atoms with E-state index in [1.165, 1.54) is 0 Å². The summed E-state index contributed by atoms with van der Waals surface area (Å²) in [5.74, 6) is -0.0817. The minimum Gasteiger partial charge on any atom is -0.376 e. The maximum Gasteiger partial charge on any atom is 0.238 e. The van der Waals surface area contributed by atoms with Crippen LogP contribution in [0.3, 0.4) is 0 Å². The van der Waals surface area contributed by atoms with Crippen LogP contribution >= 0.6 is 11.6 Å². The molecule has 0 bridgehead atoms. The van der Waals surface area contributed by atoms with Crippen molar-refractivity contribution in [2.75, 3.05) is 19.6 Å². The van der Waals surface area contributed by atoms with E-state index in [1.807, 2.05) is 17.9 Å². The van der Waals surface area contributed by atoms with Crippen molar-refractivity contribution < 1.29 is 14.3 Å². The number of carbonyl (C=O) groups excluding carboxylic acids is 1. The lowest BCUT2D eigenvalue weighted by Gasteiger charge is -2.39. The number of alkyl halides is 1. The molecule has 0 spiro atoms. The van der Waals surface area contributed by atoms with E-state index in [0.29, 0.717) is 19.9 Å². The Bertz CT molecular complexity index is 493. The van der Waals surface area contributed by atoms with Crippen LogP contribution in [0.15, 0.2) is 12.3 Å². The highest BCUT2D eigenvalue weighted by atomic mass is 35.5. The number of hydrogen-bond donors (Lipinski definition) is 0. The lowest BCUT2D eigenvalue weighted by Crippen LogP contribution is -2.49. The smallest absolute Gasteiger partial charge is 0.238 e. The monoisotopic (exact) mass is 343 g/mol. The van der Waals surface area contributed by atoms with Crippen LogP contribution in [0.2, 0.25) is 0 Å². The first-order valence-electron chi connectivity index (χ1n) is 8.17. The number of aromatic nitrogens is 2. The summed E-state index contributed by atoms with van der Waals surface area (Å²) in [5.41, 5.74) is 0.936. The van der Waals surface area contributed by atoms with E-state index in [4.69, 9.17) is 21.1 Å². The van der Waals surface area contributed by atoms with Crippen molar-refractivity contribution in [1.82, 2.24) is 14.7 Å². The van der Waals surface area contributed by atoms with Crippen LogP contribution in [-0.4, -0.2) is 52.3 Å². The highest BCUT2D eigenvalue weighted by molar-refractivity contribution is 6.27. The van der Waals surface area contributed by atoms with Gasteiger partial charge in [0.1, 0.15) is 12.6 Å². The Kier molecular flexibility index (Phi) is 7.33.